The number of alkyl halides is 3. The van der Waals surface area contributed by atoms with Crippen molar-refractivity contribution in [2.75, 3.05) is 0 Å². The lowest BCUT2D eigenvalue weighted by Gasteiger charge is -2.09. The Morgan fingerprint density at radius 3 is 2.56 bits per heavy atom. The fraction of sp³-hybridized carbons (Fsp3) is 0.250. The first-order valence-electron chi connectivity index (χ1n) is 4.75. The average molecular weight is 225 g/mol. The summed E-state index contributed by atoms with van der Waals surface area (Å²) in [5.41, 5.74) is -0.517. The SMILES string of the molecule is N#CCCC=Cc1ccccc1C(F)(F)F. The summed E-state index contributed by atoms with van der Waals surface area (Å²) in [7, 11) is 0. The van der Waals surface area contributed by atoms with Gasteiger partial charge in [-0.1, -0.05) is 30.4 Å². The van der Waals surface area contributed by atoms with Crippen LogP contribution >= 0.6 is 0 Å². The molecule has 0 heterocycles. The van der Waals surface area contributed by atoms with Crippen molar-refractivity contribution in [1.29, 1.82) is 5.26 Å². The van der Waals surface area contributed by atoms with Crippen LogP contribution in [0.3, 0.4) is 0 Å². The summed E-state index contributed by atoms with van der Waals surface area (Å²) in [5, 5.41) is 8.28. The molecule has 16 heavy (non-hydrogen) atoms. The maximum atomic E-state index is 12.5. The van der Waals surface area contributed by atoms with E-state index in [-0.39, 0.29) is 5.56 Å². The molecule has 0 saturated heterocycles. The van der Waals surface area contributed by atoms with E-state index in [1.165, 1.54) is 18.2 Å². The Morgan fingerprint density at radius 1 is 1.25 bits per heavy atom. The lowest BCUT2D eigenvalue weighted by molar-refractivity contribution is -0.137. The van der Waals surface area contributed by atoms with E-state index in [9.17, 15) is 13.2 Å². The van der Waals surface area contributed by atoms with Gasteiger partial charge in [0.2, 0.25) is 0 Å². The highest BCUT2D eigenvalue weighted by molar-refractivity contribution is 5.54. The normalized spacial score (nSPS) is 11.6. The smallest absolute Gasteiger partial charge is 0.198 e. The highest BCUT2D eigenvalue weighted by atomic mass is 19.4. The van der Waals surface area contributed by atoms with Crippen LogP contribution in [0.25, 0.3) is 6.08 Å². The minimum atomic E-state index is -4.34. The Labute approximate surface area is 91.8 Å². The maximum Gasteiger partial charge on any atom is 0.416 e. The van der Waals surface area contributed by atoms with Crippen molar-refractivity contribution < 1.29 is 13.2 Å². The molecule has 0 amide bonds. The number of nitriles is 1. The summed E-state index contributed by atoms with van der Waals surface area (Å²) in [6.07, 6.45) is -0.586. The van der Waals surface area contributed by atoms with Crippen LogP contribution in [-0.2, 0) is 6.18 Å². The second-order valence-electron chi connectivity index (χ2n) is 3.18. The fourth-order valence-electron chi connectivity index (χ4n) is 1.26. The summed E-state index contributed by atoms with van der Waals surface area (Å²) < 4.78 is 37.6. The van der Waals surface area contributed by atoms with Crippen LogP contribution in [0.2, 0.25) is 0 Å². The Balaban J connectivity index is 2.88. The van der Waals surface area contributed by atoms with Crippen LogP contribution in [0, 0.1) is 11.3 Å². The molecule has 4 heteroatoms. The van der Waals surface area contributed by atoms with Gasteiger partial charge in [-0.25, -0.2) is 0 Å². The van der Waals surface area contributed by atoms with Gasteiger partial charge in [0.15, 0.2) is 0 Å². The molecule has 0 aliphatic rings. The van der Waals surface area contributed by atoms with E-state index in [0.29, 0.717) is 12.8 Å². The molecule has 0 bridgehead atoms. The van der Waals surface area contributed by atoms with Crippen molar-refractivity contribution in [3.05, 3.63) is 41.5 Å². The number of nitrogens with zero attached hydrogens (tertiary/aromatic N) is 1. The van der Waals surface area contributed by atoms with Crippen LogP contribution in [-0.4, -0.2) is 0 Å². The molecule has 1 aromatic carbocycles. The highest BCUT2D eigenvalue weighted by Gasteiger charge is 2.32. The van der Waals surface area contributed by atoms with Crippen LogP contribution < -0.4 is 0 Å². The molecule has 0 aliphatic carbocycles. The van der Waals surface area contributed by atoms with Crippen LogP contribution in [0.15, 0.2) is 30.3 Å². The van der Waals surface area contributed by atoms with E-state index in [1.54, 1.807) is 12.1 Å². The summed E-state index contributed by atoms with van der Waals surface area (Å²) in [6, 6.07) is 7.29. The van der Waals surface area contributed by atoms with E-state index < -0.39 is 11.7 Å². The summed E-state index contributed by atoms with van der Waals surface area (Å²) >= 11 is 0. The van der Waals surface area contributed by atoms with Crippen molar-refractivity contribution in [3.8, 4) is 6.07 Å². The number of hydrogen-bond donors (Lipinski definition) is 0. The highest BCUT2D eigenvalue weighted by Crippen LogP contribution is 2.32. The van der Waals surface area contributed by atoms with Gasteiger partial charge < -0.3 is 0 Å². The zero-order valence-corrected chi connectivity index (χ0v) is 8.46. The topological polar surface area (TPSA) is 23.8 Å². The minimum absolute atomic E-state index is 0.132. The molecule has 1 aromatic rings. The Kier molecular flexibility index (Phi) is 4.12. The van der Waals surface area contributed by atoms with Crippen LogP contribution in [0.4, 0.5) is 13.2 Å². The molecule has 0 unspecified atom stereocenters. The molecule has 1 nitrogen and oxygen atoms in total. The quantitative estimate of drug-likeness (QED) is 0.712. The lowest BCUT2D eigenvalue weighted by atomic mass is 10.1. The van der Waals surface area contributed by atoms with E-state index in [1.807, 2.05) is 6.07 Å². The molecular formula is C12H10F3N. The summed E-state index contributed by atoms with van der Waals surface area (Å²) in [4.78, 5) is 0. The molecular weight excluding hydrogens is 215 g/mol. The van der Waals surface area contributed by atoms with Gasteiger partial charge in [0.05, 0.1) is 11.6 Å². The first-order valence-corrected chi connectivity index (χ1v) is 4.75. The second-order valence-corrected chi connectivity index (χ2v) is 3.18. The van der Waals surface area contributed by atoms with Crippen molar-refractivity contribution >= 4 is 6.08 Å². The molecule has 0 saturated carbocycles. The number of hydrogen-bond acceptors (Lipinski definition) is 1. The molecule has 0 spiro atoms. The van der Waals surface area contributed by atoms with Crippen LogP contribution in [0.1, 0.15) is 24.0 Å². The van der Waals surface area contributed by atoms with Crippen LogP contribution in [0.5, 0.6) is 0 Å². The van der Waals surface area contributed by atoms with Gasteiger partial charge in [0.25, 0.3) is 0 Å². The number of benzene rings is 1. The maximum absolute atomic E-state index is 12.5. The fourth-order valence-corrected chi connectivity index (χ4v) is 1.26. The number of halogens is 3. The van der Waals surface area contributed by atoms with Gasteiger partial charge in [-0.3, -0.25) is 0 Å². The third kappa shape index (κ3) is 3.43. The first kappa shape index (κ1) is 12.3. The second kappa shape index (κ2) is 5.36. The number of unbranched alkanes of at least 4 members (excludes halogenated alkanes) is 1. The molecule has 0 radical (unpaired) electrons. The third-order valence-corrected chi connectivity index (χ3v) is 1.99. The number of allylic oxidation sites excluding steroid dienone is 1. The molecule has 84 valence electrons. The zero-order valence-electron chi connectivity index (χ0n) is 8.46. The Morgan fingerprint density at radius 2 is 1.94 bits per heavy atom. The van der Waals surface area contributed by atoms with Gasteiger partial charge in [-0.15, -0.1) is 0 Å². The van der Waals surface area contributed by atoms with Crippen molar-refractivity contribution in [1.82, 2.24) is 0 Å². The predicted octanol–water partition coefficient (Wildman–Crippen LogP) is 4.02. The largest absolute Gasteiger partial charge is 0.416 e. The van der Waals surface area contributed by atoms with Gasteiger partial charge in [0.1, 0.15) is 0 Å². The molecule has 1 rings (SSSR count). The molecule has 0 aromatic heterocycles. The Bertz CT molecular complexity index is 413. The van der Waals surface area contributed by atoms with Crippen molar-refractivity contribution in [2.24, 2.45) is 0 Å². The third-order valence-electron chi connectivity index (χ3n) is 1.99. The van der Waals surface area contributed by atoms with E-state index in [4.69, 9.17) is 5.26 Å². The minimum Gasteiger partial charge on any atom is -0.198 e. The summed E-state index contributed by atoms with van der Waals surface area (Å²) in [6.45, 7) is 0. The van der Waals surface area contributed by atoms with Gasteiger partial charge >= 0.3 is 6.18 Å². The van der Waals surface area contributed by atoms with E-state index in [0.717, 1.165) is 6.07 Å². The van der Waals surface area contributed by atoms with E-state index >= 15 is 0 Å². The molecule has 0 atom stereocenters. The van der Waals surface area contributed by atoms with Gasteiger partial charge in [0, 0.05) is 6.42 Å². The van der Waals surface area contributed by atoms with Crippen molar-refractivity contribution in [2.45, 2.75) is 19.0 Å². The zero-order chi connectivity index (χ0) is 12.0. The summed E-state index contributed by atoms with van der Waals surface area (Å²) in [5.74, 6) is 0. The number of rotatable bonds is 3. The van der Waals surface area contributed by atoms with Gasteiger partial charge in [-0.05, 0) is 18.1 Å². The van der Waals surface area contributed by atoms with E-state index in [2.05, 4.69) is 0 Å². The molecule has 0 aliphatic heterocycles. The lowest BCUT2D eigenvalue weighted by Crippen LogP contribution is -2.06. The average Bonchev–Trinajstić information content (AvgIpc) is 2.24. The van der Waals surface area contributed by atoms with Crippen molar-refractivity contribution in [3.63, 3.8) is 0 Å². The van der Waals surface area contributed by atoms with Gasteiger partial charge in [-0.2, -0.15) is 18.4 Å². The molecule has 0 fully saturated rings. The predicted molar refractivity (Wildman–Crippen MR) is 55.3 cm³/mol. The Hall–Kier alpha value is -1.76. The molecule has 0 N–H and O–H groups in total. The monoisotopic (exact) mass is 225 g/mol. The first-order chi connectivity index (χ1) is 7.55. The standard InChI is InChI=1S/C12H10F3N/c13-12(14,15)11-8-4-3-7-10(11)6-2-1-5-9-16/h2-4,6-8H,1,5H2.